The van der Waals surface area contributed by atoms with Crippen molar-refractivity contribution in [3.63, 3.8) is 0 Å². The van der Waals surface area contributed by atoms with E-state index in [1.54, 1.807) is 51.4 Å². The number of hydrogen-bond acceptors (Lipinski definition) is 3. The lowest BCUT2D eigenvalue weighted by Crippen LogP contribution is -2.44. The van der Waals surface area contributed by atoms with Gasteiger partial charge < -0.3 is 0 Å². The van der Waals surface area contributed by atoms with Crippen LogP contribution < -0.4 is 9.80 Å². The van der Waals surface area contributed by atoms with E-state index in [4.69, 9.17) is 6.57 Å². The molecule has 30 heavy (non-hydrogen) atoms. The monoisotopic (exact) mass is 396 g/mol. The summed E-state index contributed by atoms with van der Waals surface area (Å²) in [6.07, 6.45) is 3.46. The summed E-state index contributed by atoms with van der Waals surface area (Å²) in [5.41, 5.74) is 3.33. The molecule has 2 aromatic carbocycles. The normalized spacial score (nSPS) is 15.4. The zero-order valence-corrected chi connectivity index (χ0v) is 17.0. The smallest absolute Gasteiger partial charge is 0.279 e. The number of urea groups is 1. The summed E-state index contributed by atoms with van der Waals surface area (Å²) < 4.78 is 0. The number of imide groups is 1. The van der Waals surface area contributed by atoms with E-state index < -0.39 is 11.6 Å². The Labute approximate surface area is 175 Å². The van der Waals surface area contributed by atoms with Gasteiger partial charge in [-0.15, -0.1) is 0 Å². The number of aromatic nitrogens is 1. The molecule has 3 aromatic rings. The number of rotatable bonds is 3. The molecule has 1 saturated heterocycles. The summed E-state index contributed by atoms with van der Waals surface area (Å²) in [7, 11) is 0. The van der Waals surface area contributed by atoms with Crippen molar-refractivity contribution in [2.75, 3.05) is 9.80 Å². The average Bonchev–Trinajstić information content (AvgIpc) is 2.92. The molecular formula is C24H20N4O2. The average molecular weight is 396 g/mol. The predicted molar refractivity (Wildman–Crippen MR) is 117 cm³/mol. The maximum atomic E-state index is 13.3. The Hall–Kier alpha value is -3.98. The van der Waals surface area contributed by atoms with E-state index in [1.807, 2.05) is 36.4 Å². The first-order valence-corrected chi connectivity index (χ1v) is 9.52. The van der Waals surface area contributed by atoms with Gasteiger partial charge in [0, 0.05) is 18.1 Å². The maximum Gasteiger partial charge on any atom is 0.336 e. The van der Waals surface area contributed by atoms with Gasteiger partial charge in [0.25, 0.3) is 5.91 Å². The highest BCUT2D eigenvalue weighted by Gasteiger charge is 2.52. The van der Waals surface area contributed by atoms with Gasteiger partial charge in [-0.25, -0.2) is 14.5 Å². The molecule has 6 heteroatoms. The summed E-state index contributed by atoms with van der Waals surface area (Å²) in [5, 5.41) is 0. The molecule has 6 nitrogen and oxygen atoms in total. The Kier molecular flexibility index (Phi) is 4.59. The highest BCUT2D eigenvalue weighted by atomic mass is 16.2. The van der Waals surface area contributed by atoms with Crippen LogP contribution in [0.15, 0.2) is 67.0 Å². The third-order valence-corrected chi connectivity index (χ3v) is 5.37. The van der Waals surface area contributed by atoms with Crippen LogP contribution in [0.2, 0.25) is 0 Å². The van der Waals surface area contributed by atoms with Crippen LogP contribution in [0.3, 0.4) is 0 Å². The molecule has 3 amide bonds. The Balaban J connectivity index is 1.71. The Bertz CT molecular complexity index is 1180. The van der Waals surface area contributed by atoms with E-state index >= 15 is 0 Å². The number of carbonyl (C=O) groups excluding carboxylic acids is 2. The third-order valence-electron chi connectivity index (χ3n) is 5.37. The molecule has 1 aliphatic rings. The molecule has 0 bridgehead atoms. The number of pyridine rings is 1. The molecule has 148 valence electrons. The van der Waals surface area contributed by atoms with Gasteiger partial charge in [0.15, 0.2) is 5.69 Å². The molecule has 0 aliphatic carbocycles. The number of hydrogen-bond donors (Lipinski definition) is 0. The minimum absolute atomic E-state index is 0.305. The van der Waals surface area contributed by atoms with Gasteiger partial charge in [-0.2, -0.15) is 0 Å². The first-order valence-electron chi connectivity index (χ1n) is 9.52. The summed E-state index contributed by atoms with van der Waals surface area (Å²) in [4.78, 5) is 36.7. The van der Waals surface area contributed by atoms with Crippen LogP contribution in [-0.2, 0) is 4.79 Å². The molecule has 0 unspecified atom stereocenters. The number of anilines is 2. The second-order valence-corrected chi connectivity index (χ2v) is 7.68. The minimum Gasteiger partial charge on any atom is -0.279 e. The summed E-state index contributed by atoms with van der Waals surface area (Å²) >= 11 is 0. The third kappa shape index (κ3) is 3.01. The minimum atomic E-state index is -1.04. The molecule has 4 rings (SSSR count). The van der Waals surface area contributed by atoms with E-state index in [9.17, 15) is 9.59 Å². The van der Waals surface area contributed by atoms with Crippen molar-refractivity contribution < 1.29 is 9.59 Å². The van der Waals surface area contributed by atoms with E-state index in [-0.39, 0.29) is 5.91 Å². The fourth-order valence-corrected chi connectivity index (χ4v) is 3.71. The number of nitrogens with zero attached hydrogens (tertiary/aromatic N) is 4. The maximum absolute atomic E-state index is 13.3. The van der Waals surface area contributed by atoms with Crippen LogP contribution in [0.1, 0.15) is 19.4 Å². The van der Waals surface area contributed by atoms with E-state index in [0.29, 0.717) is 17.1 Å². The summed E-state index contributed by atoms with van der Waals surface area (Å²) in [5.74, 6) is -0.305. The second-order valence-electron chi connectivity index (χ2n) is 7.68. The molecule has 2 heterocycles. The largest absolute Gasteiger partial charge is 0.336 e. The lowest BCUT2D eigenvalue weighted by Gasteiger charge is -2.27. The van der Waals surface area contributed by atoms with Crippen molar-refractivity contribution in [1.82, 2.24) is 4.98 Å². The summed E-state index contributed by atoms with van der Waals surface area (Å²) in [6, 6.07) is 16.0. The van der Waals surface area contributed by atoms with Crippen LogP contribution in [0.25, 0.3) is 16.0 Å². The standard InChI is InChI=1S/C24H20N4O2/c1-16-15-20(9-10-21(16)25-4)27-22(29)24(2,3)28(23(27)30)19-7-5-17(6-8-19)18-11-13-26-14-12-18/h5-15H,1-3H3. The zero-order chi connectivity index (χ0) is 21.5. The fraction of sp³-hybridized carbons (Fsp3) is 0.167. The van der Waals surface area contributed by atoms with Crippen LogP contribution in [0.4, 0.5) is 21.9 Å². The number of aryl methyl sites for hydroxylation is 1. The van der Waals surface area contributed by atoms with Crippen molar-refractivity contribution >= 4 is 29.0 Å². The molecule has 0 spiro atoms. The van der Waals surface area contributed by atoms with Gasteiger partial charge in [0.1, 0.15) is 5.54 Å². The number of amides is 3. The molecule has 1 aliphatic heterocycles. The highest BCUT2D eigenvalue weighted by Crippen LogP contribution is 2.37. The van der Waals surface area contributed by atoms with Gasteiger partial charge in [-0.05, 0) is 73.9 Å². The highest BCUT2D eigenvalue weighted by molar-refractivity contribution is 6.30. The molecule has 0 saturated carbocycles. The first kappa shape index (κ1) is 19.3. The van der Waals surface area contributed by atoms with Crippen molar-refractivity contribution in [1.29, 1.82) is 0 Å². The molecular weight excluding hydrogens is 376 g/mol. The molecule has 0 radical (unpaired) electrons. The zero-order valence-electron chi connectivity index (χ0n) is 17.0. The van der Waals surface area contributed by atoms with Gasteiger partial charge in [0.2, 0.25) is 0 Å². The van der Waals surface area contributed by atoms with Crippen molar-refractivity contribution in [3.8, 4) is 11.1 Å². The van der Waals surface area contributed by atoms with E-state index in [2.05, 4.69) is 9.83 Å². The second kappa shape index (κ2) is 7.12. The molecule has 0 N–H and O–H groups in total. The lowest BCUT2D eigenvalue weighted by molar-refractivity contribution is -0.120. The van der Waals surface area contributed by atoms with Crippen LogP contribution >= 0.6 is 0 Å². The molecule has 1 aromatic heterocycles. The lowest BCUT2D eigenvalue weighted by atomic mass is 10.0. The summed E-state index contributed by atoms with van der Waals surface area (Å²) in [6.45, 7) is 12.5. The van der Waals surface area contributed by atoms with Crippen molar-refractivity contribution in [2.45, 2.75) is 26.3 Å². The predicted octanol–water partition coefficient (Wildman–Crippen LogP) is 5.36. The Morgan fingerprint density at radius 3 is 2.10 bits per heavy atom. The number of carbonyl (C=O) groups is 2. The number of benzene rings is 2. The molecule has 1 fully saturated rings. The van der Waals surface area contributed by atoms with Gasteiger partial charge in [-0.3, -0.25) is 14.7 Å². The fourth-order valence-electron chi connectivity index (χ4n) is 3.71. The van der Waals surface area contributed by atoms with Crippen LogP contribution in [-0.4, -0.2) is 22.5 Å². The quantitative estimate of drug-likeness (QED) is 0.442. The van der Waals surface area contributed by atoms with Crippen LogP contribution in [0, 0.1) is 13.5 Å². The van der Waals surface area contributed by atoms with E-state index in [0.717, 1.165) is 16.7 Å². The van der Waals surface area contributed by atoms with Gasteiger partial charge >= 0.3 is 6.03 Å². The Morgan fingerprint density at radius 1 is 0.900 bits per heavy atom. The topological polar surface area (TPSA) is 57.9 Å². The van der Waals surface area contributed by atoms with Crippen molar-refractivity contribution in [3.05, 3.63) is 84.0 Å². The van der Waals surface area contributed by atoms with Gasteiger partial charge in [-0.1, -0.05) is 18.2 Å². The SMILES string of the molecule is [C-]#[N+]c1ccc(N2C(=O)N(c3ccc(-c4ccncc4)cc3)C(C)(C)C2=O)cc1C. The Morgan fingerprint density at radius 2 is 1.50 bits per heavy atom. The van der Waals surface area contributed by atoms with Crippen LogP contribution in [0.5, 0.6) is 0 Å². The van der Waals surface area contributed by atoms with E-state index in [1.165, 1.54) is 9.80 Å². The van der Waals surface area contributed by atoms with Gasteiger partial charge in [0.05, 0.1) is 12.3 Å². The van der Waals surface area contributed by atoms with Crippen molar-refractivity contribution in [2.24, 2.45) is 0 Å². The first-order chi connectivity index (χ1) is 14.3. The molecule has 0 atom stereocenters.